The predicted octanol–water partition coefficient (Wildman–Crippen LogP) is 0.500. The molecule has 1 rings (SSSR count). The Kier molecular flexibility index (Phi) is 2.60. The monoisotopic (exact) mass is 194 g/mol. The van der Waals surface area contributed by atoms with Gasteiger partial charge in [-0.05, 0) is 0 Å². The van der Waals surface area contributed by atoms with Crippen LogP contribution in [0.1, 0.15) is 13.3 Å². The van der Waals surface area contributed by atoms with Gasteiger partial charge in [0.05, 0.1) is 6.42 Å². The number of rotatable bonds is 2. The molecule has 0 saturated carbocycles. The molecule has 6 heteroatoms. The van der Waals surface area contributed by atoms with E-state index in [2.05, 4.69) is 9.47 Å². The molecule has 0 aromatic heterocycles. The highest BCUT2D eigenvalue weighted by Crippen LogP contribution is 2.18. The summed E-state index contributed by atoms with van der Waals surface area (Å²) in [5, 5.41) is 0. The third-order valence-electron chi connectivity index (χ3n) is 1.42. The van der Waals surface area contributed by atoms with Gasteiger partial charge >= 0.3 is 11.9 Å². The van der Waals surface area contributed by atoms with E-state index in [1.165, 1.54) is 0 Å². The first-order valence-electron chi connectivity index (χ1n) is 3.62. The maximum atomic E-state index is 12.3. The molecule has 0 radical (unpaired) electrons. The van der Waals surface area contributed by atoms with Crippen molar-refractivity contribution in [2.75, 3.05) is 6.61 Å². The van der Waals surface area contributed by atoms with Crippen LogP contribution in [0.2, 0.25) is 0 Å². The lowest BCUT2D eigenvalue weighted by Gasteiger charge is -2.13. The quantitative estimate of drug-likeness (QED) is 0.600. The minimum absolute atomic E-state index is 0.151. The van der Waals surface area contributed by atoms with Gasteiger partial charge in [-0.25, -0.2) is 4.79 Å². The lowest BCUT2D eigenvalue weighted by atomic mass is 10.3. The maximum Gasteiger partial charge on any atom is 0.378 e. The van der Waals surface area contributed by atoms with Crippen LogP contribution in [-0.4, -0.2) is 30.6 Å². The van der Waals surface area contributed by atoms with Crippen molar-refractivity contribution >= 4 is 11.8 Å². The van der Waals surface area contributed by atoms with Crippen molar-refractivity contribution in [1.29, 1.82) is 0 Å². The Hall–Kier alpha value is -1.04. The van der Waals surface area contributed by atoms with Crippen LogP contribution in [-0.2, 0) is 19.1 Å². The van der Waals surface area contributed by atoms with Crippen molar-refractivity contribution in [1.82, 2.24) is 0 Å². The number of hydrogen-bond acceptors (Lipinski definition) is 4. The zero-order chi connectivity index (χ0) is 10.1. The fraction of sp³-hybridized carbons (Fsp3) is 0.714. The average molecular weight is 194 g/mol. The highest BCUT2D eigenvalue weighted by Gasteiger charge is 2.38. The van der Waals surface area contributed by atoms with Gasteiger partial charge in [-0.1, -0.05) is 0 Å². The smallest absolute Gasteiger partial charge is 0.378 e. The van der Waals surface area contributed by atoms with Crippen molar-refractivity contribution in [2.24, 2.45) is 0 Å². The summed E-state index contributed by atoms with van der Waals surface area (Å²) in [6, 6.07) is 0. The van der Waals surface area contributed by atoms with Gasteiger partial charge in [-0.3, -0.25) is 4.79 Å². The van der Waals surface area contributed by atoms with E-state index in [-0.39, 0.29) is 18.8 Å². The fourth-order valence-electron chi connectivity index (χ4n) is 0.788. The zero-order valence-corrected chi connectivity index (χ0v) is 6.88. The summed E-state index contributed by atoms with van der Waals surface area (Å²) < 4.78 is 33.3. The SMILES string of the molecule is CC(F)(F)C(=O)OC1CC(=O)CO1. The second kappa shape index (κ2) is 3.37. The normalized spacial score (nSPS) is 23.3. The lowest BCUT2D eigenvalue weighted by molar-refractivity contribution is -0.194. The summed E-state index contributed by atoms with van der Waals surface area (Å²) in [7, 11) is 0. The summed E-state index contributed by atoms with van der Waals surface area (Å²) in [6.07, 6.45) is -1.30. The lowest BCUT2D eigenvalue weighted by Crippen LogP contribution is -2.30. The molecule has 1 saturated heterocycles. The van der Waals surface area contributed by atoms with Gasteiger partial charge in [0.2, 0.25) is 6.29 Å². The van der Waals surface area contributed by atoms with Gasteiger partial charge in [-0.15, -0.1) is 0 Å². The van der Waals surface area contributed by atoms with E-state index in [4.69, 9.17) is 0 Å². The third-order valence-corrected chi connectivity index (χ3v) is 1.42. The van der Waals surface area contributed by atoms with Crippen LogP contribution in [0.4, 0.5) is 8.78 Å². The van der Waals surface area contributed by atoms with Crippen molar-refractivity contribution in [3.05, 3.63) is 0 Å². The number of carbonyl (C=O) groups is 2. The van der Waals surface area contributed by atoms with Gasteiger partial charge in [0.15, 0.2) is 5.78 Å². The van der Waals surface area contributed by atoms with Crippen LogP contribution in [0.25, 0.3) is 0 Å². The highest BCUT2D eigenvalue weighted by molar-refractivity contribution is 5.82. The molecule has 1 aliphatic heterocycles. The molecular formula is C7H8F2O4. The molecular weight excluding hydrogens is 186 g/mol. The van der Waals surface area contributed by atoms with E-state index in [0.29, 0.717) is 6.92 Å². The fourth-order valence-corrected chi connectivity index (χ4v) is 0.788. The number of hydrogen-bond donors (Lipinski definition) is 0. The molecule has 1 unspecified atom stereocenters. The summed E-state index contributed by atoms with van der Waals surface area (Å²) in [6.45, 7) is 0.235. The molecule has 1 heterocycles. The predicted molar refractivity (Wildman–Crippen MR) is 36.1 cm³/mol. The van der Waals surface area contributed by atoms with Crippen LogP contribution < -0.4 is 0 Å². The van der Waals surface area contributed by atoms with Gasteiger partial charge in [0.1, 0.15) is 6.61 Å². The summed E-state index contributed by atoms with van der Waals surface area (Å²) in [4.78, 5) is 21.1. The van der Waals surface area contributed by atoms with Crippen LogP contribution >= 0.6 is 0 Å². The number of Topliss-reactive ketones (excluding diaryl/α,β-unsaturated/α-hetero) is 1. The summed E-state index contributed by atoms with van der Waals surface area (Å²) in [5.41, 5.74) is 0. The first-order valence-corrected chi connectivity index (χ1v) is 3.62. The second-order valence-corrected chi connectivity index (χ2v) is 2.78. The van der Waals surface area contributed by atoms with Crippen LogP contribution in [0.15, 0.2) is 0 Å². The molecule has 1 atom stereocenters. The molecule has 4 nitrogen and oxygen atoms in total. The Labute approximate surface area is 72.8 Å². The first kappa shape index (κ1) is 10.0. The topological polar surface area (TPSA) is 52.6 Å². The van der Waals surface area contributed by atoms with Crippen LogP contribution in [0, 0.1) is 0 Å². The standard InChI is InChI=1S/C7H8F2O4/c1-7(8,9)6(11)13-5-2-4(10)3-12-5/h5H,2-3H2,1H3. The molecule has 1 aliphatic rings. The molecule has 0 bridgehead atoms. The number of alkyl halides is 2. The first-order chi connectivity index (χ1) is 5.89. The van der Waals surface area contributed by atoms with Crippen molar-refractivity contribution < 1.29 is 27.8 Å². The van der Waals surface area contributed by atoms with Gasteiger partial charge in [-0.2, -0.15) is 8.78 Å². The van der Waals surface area contributed by atoms with Crippen molar-refractivity contribution in [3.8, 4) is 0 Å². The van der Waals surface area contributed by atoms with Gasteiger partial charge in [0, 0.05) is 6.92 Å². The largest absolute Gasteiger partial charge is 0.431 e. The zero-order valence-electron chi connectivity index (χ0n) is 6.88. The van der Waals surface area contributed by atoms with Crippen LogP contribution in [0.3, 0.4) is 0 Å². The molecule has 0 aliphatic carbocycles. The van der Waals surface area contributed by atoms with E-state index >= 15 is 0 Å². The van der Waals surface area contributed by atoms with Crippen molar-refractivity contribution in [2.45, 2.75) is 25.6 Å². The average Bonchev–Trinajstić information content (AvgIpc) is 2.33. The number of ketones is 1. The molecule has 13 heavy (non-hydrogen) atoms. The van der Waals surface area contributed by atoms with Crippen molar-refractivity contribution in [3.63, 3.8) is 0 Å². The summed E-state index contributed by atoms with van der Waals surface area (Å²) in [5.74, 6) is -5.49. The Balaban J connectivity index is 2.42. The van der Waals surface area contributed by atoms with E-state index in [1.807, 2.05) is 0 Å². The van der Waals surface area contributed by atoms with Gasteiger partial charge < -0.3 is 9.47 Å². The molecule has 0 aromatic carbocycles. The third kappa shape index (κ3) is 2.73. The Morgan fingerprint density at radius 2 is 2.31 bits per heavy atom. The van der Waals surface area contributed by atoms with E-state index in [0.717, 1.165) is 0 Å². The highest BCUT2D eigenvalue weighted by atomic mass is 19.3. The van der Waals surface area contributed by atoms with E-state index in [1.54, 1.807) is 0 Å². The molecule has 1 fully saturated rings. The van der Waals surface area contributed by atoms with Crippen LogP contribution in [0.5, 0.6) is 0 Å². The molecule has 0 spiro atoms. The Morgan fingerprint density at radius 1 is 1.69 bits per heavy atom. The second-order valence-electron chi connectivity index (χ2n) is 2.78. The van der Waals surface area contributed by atoms with E-state index < -0.39 is 18.2 Å². The minimum Gasteiger partial charge on any atom is -0.431 e. The number of halogens is 2. The van der Waals surface area contributed by atoms with E-state index in [9.17, 15) is 18.4 Å². The molecule has 0 N–H and O–H groups in total. The molecule has 74 valence electrons. The molecule has 0 aromatic rings. The minimum atomic E-state index is -3.55. The number of carbonyl (C=O) groups excluding carboxylic acids is 2. The molecule has 0 amide bonds. The summed E-state index contributed by atoms with van der Waals surface area (Å²) >= 11 is 0. The number of esters is 1. The Bertz CT molecular complexity index is 233. The maximum absolute atomic E-state index is 12.3. The number of ether oxygens (including phenoxy) is 2. The van der Waals surface area contributed by atoms with Gasteiger partial charge in [0.25, 0.3) is 0 Å². The Morgan fingerprint density at radius 3 is 2.69 bits per heavy atom.